The van der Waals surface area contributed by atoms with Crippen molar-refractivity contribution in [3.8, 4) is 50.6 Å². The summed E-state index contributed by atoms with van der Waals surface area (Å²) < 4.78 is 401. The number of alkyl halides is 27. The number of benzene rings is 9. The number of epoxide rings is 1. The van der Waals surface area contributed by atoms with Crippen LogP contribution in [-0.4, -0.2) is 105 Å². The minimum absolute atomic E-state index is 0. The summed E-state index contributed by atoms with van der Waals surface area (Å²) >= 11 is 18.3. The van der Waals surface area contributed by atoms with E-state index in [2.05, 4.69) is 36.8 Å². The largest absolute Gasteiger partial charge is 3.00 e. The van der Waals surface area contributed by atoms with Crippen molar-refractivity contribution in [2.45, 2.75) is 132 Å². The molecule has 4 aliphatic heterocycles. The topological polar surface area (TPSA) is 229 Å². The molecule has 52 heteroatoms. The van der Waals surface area contributed by atoms with Crippen LogP contribution in [0.3, 0.4) is 0 Å². The number of nitrogens with one attached hydrogen (secondary N) is 1. The molecule has 0 saturated carbocycles. The zero-order valence-corrected chi connectivity index (χ0v) is 70.7. The van der Waals surface area contributed by atoms with Crippen LogP contribution in [0, 0.1) is 46.9 Å². The van der Waals surface area contributed by atoms with Gasteiger partial charge < -0.3 is 82.1 Å². The van der Waals surface area contributed by atoms with Gasteiger partial charge >= 0.3 is 104 Å². The molecule has 1 radical (unpaired) electrons. The molecule has 4 aliphatic rings. The predicted molar refractivity (Wildman–Crippen MR) is 409 cm³/mol. The molecule has 9 aromatic carbocycles. The number of β-amino-alcohol motifs (C(OH)–C–C–N with tert-alkyl or cyclic N) is 2. The van der Waals surface area contributed by atoms with Crippen LogP contribution < -0.4 is 29.3 Å². The SMILES string of the molecule is FC(F)(F)C1CO1.FC(F)(F)Oc1cccc(-c2cccc3c2CCC(c2cccc(Cl)c2)N3)c1.O=[S-](=O)OC(F)(F)F.O=[S-](=O)OC(F)(F)F.O=[S-](=O)OC(F)(F)F.OC(CN1c2cccc(-c3cccc(OC(F)(F)F)c3)c2CCC1c1cccc(Cl)c1)C(F)(F)F.OC(CN1c2cccc(-c3cccc(OC(F)(F)F)c3)c2CCC1c1cccc(Cl)c1)C(F)(F)F.[Yb+3]. The van der Waals surface area contributed by atoms with Crippen molar-refractivity contribution in [2.75, 3.05) is 34.8 Å². The standard InChI is InChI=1S/2C25H20ClF6NO2.C22H17ClF3NO.C3H3F3O.3CF3O3S.Yb/c2*26-17-6-1-5-16(12-17)21-11-10-20-19(15-4-2-7-18(13-15)35-25(30,31)32)8-3-9-22(20)33(21)14-23(34)24(27,28)29;23-16-6-1-5-15(12-16)20-11-10-19-18(8-3-9-21(19)27-20)14-4-2-7-17(13-14)28-22(24,25)26;4-3(5,6)2-1-7-2;3*2-1(3,4)7-8(5)6;/h2*1-9,12-13,21,23,34H,10-11,14H2;1-9,12-13,20,27H,10-11H2;2H,1H2;;;;/q;;;;3*-1;+3. The fraction of sp³-hybridized carbons (Fsp3) is 0.308. The van der Waals surface area contributed by atoms with Gasteiger partial charge in [-0.25, -0.2) is 0 Å². The number of ether oxygens (including phenoxy) is 4. The Hall–Kier alpha value is -8.11. The van der Waals surface area contributed by atoms with Gasteiger partial charge in [-0.3, -0.25) is 0 Å². The summed E-state index contributed by atoms with van der Waals surface area (Å²) in [6, 6.07) is 53.2. The Morgan fingerprint density at radius 2 is 0.669 bits per heavy atom. The van der Waals surface area contributed by atoms with Gasteiger partial charge in [0.05, 0.1) is 70.8 Å². The monoisotopic (exact) mass is 2170 g/mol. The second kappa shape index (κ2) is 47.2. The predicted octanol–water partition coefficient (Wildman–Crippen LogP) is 24.8. The smallest absolute Gasteiger partial charge is 0.406 e. The zero-order chi connectivity index (χ0) is 96.3. The molecule has 6 atom stereocenters. The summed E-state index contributed by atoms with van der Waals surface area (Å²) in [7, 11) is -10.5. The number of aliphatic hydroxyl groups is 2. The minimum Gasteiger partial charge on any atom is -0.406 e. The summed E-state index contributed by atoms with van der Waals surface area (Å²) in [5.41, 5.74) is 10.5. The van der Waals surface area contributed by atoms with Gasteiger partial charge in [0.25, 0.3) is 0 Å². The molecule has 719 valence electrons. The molecule has 0 spiro atoms. The van der Waals surface area contributed by atoms with Crippen LogP contribution in [0.25, 0.3) is 33.4 Å². The van der Waals surface area contributed by atoms with E-state index in [4.69, 9.17) is 60.1 Å². The molecule has 3 N–H and O–H groups in total. The van der Waals surface area contributed by atoms with Gasteiger partial charge in [-0.1, -0.05) is 144 Å². The Labute approximate surface area is 777 Å². The van der Waals surface area contributed by atoms with E-state index in [1.54, 1.807) is 109 Å². The number of anilines is 3. The van der Waals surface area contributed by atoms with Crippen LogP contribution >= 0.6 is 34.8 Å². The molecule has 4 heterocycles. The van der Waals surface area contributed by atoms with Crippen molar-refractivity contribution >= 4 is 84.8 Å². The molecule has 6 unspecified atom stereocenters. The Kier molecular flexibility index (Phi) is 40.2. The van der Waals surface area contributed by atoms with Crippen molar-refractivity contribution < 1.29 is 232 Å². The first-order valence-corrected chi connectivity index (χ1v) is 40.0. The average Bonchev–Trinajstić information content (AvgIpc) is 0.910. The Balaban J connectivity index is 0.000000257. The van der Waals surface area contributed by atoms with Crippen LogP contribution in [-0.2, 0) is 94.8 Å². The minimum atomic E-state index is -5.09. The number of aliphatic hydroxyl groups excluding tert-OH is 2. The molecular formula is C78H60Cl3F27N3O15S3Yb. The summed E-state index contributed by atoms with van der Waals surface area (Å²) in [5, 5.41) is 24.9. The molecule has 13 rings (SSSR count). The van der Waals surface area contributed by atoms with Gasteiger partial charge in [0.1, 0.15) is 17.2 Å². The normalized spacial score (nSPS) is 16.7. The van der Waals surface area contributed by atoms with Crippen LogP contribution in [0.1, 0.15) is 70.8 Å². The zero-order valence-electron chi connectivity index (χ0n) is 64.3. The first-order chi connectivity index (χ1) is 59.6. The van der Waals surface area contributed by atoms with Gasteiger partial charge in [-0.2, -0.15) is 39.5 Å². The van der Waals surface area contributed by atoms with Crippen LogP contribution in [0.4, 0.5) is 136 Å². The van der Waals surface area contributed by atoms with Crippen molar-refractivity contribution in [1.82, 2.24) is 0 Å². The maximum Gasteiger partial charge on any atom is 3.00 e. The maximum atomic E-state index is 13.3. The fourth-order valence-electron chi connectivity index (χ4n) is 12.9. The van der Waals surface area contributed by atoms with Crippen molar-refractivity contribution in [3.05, 3.63) is 249 Å². The molecule has 0 aromatic heterocycles. The van der Waals surface area contributed by atoms with E-state index in [0.29, 0.717) is 102 Å². The Morgan fingerprint density at radius 3 is 0.946 bits per heavy atom. The first kappa shape index (κ1) is 111. The summed E-state index contributed by atoms with van der Waals surface area (Å²) in [4.78, 5) is 2.98. The number of rotatable bonds is 16. The number of halogens is 30. The molecule has 0 aliphatic carbocycles. The number of hydrogen-bond donors (Lipinski definition) is 3. The number of hydrogen-bond acceptors (Lipinski definition) is 21. The van der Waals surface area contributed by atoms with E-state index < -0.39 is 145 Å². The van der Waals surface area contributed by atoms with Crippen molar-refractivity contribution in [1.29, 1.82) is 0 Å². The molecule has 1 fully saturated rings. The van der Waals surface area contributed by atoms with Crippen molar-refractivity contribution in [3.63, 3.8) is 0 Å². The fourth-order valence-corrected chi connectivity index (χ4v) is 14.0. The third kappa shape index (κ3) is 37.7. The van der Waals surface area contributed by atoms with E-state index in [0.717, 1.165) is 35.2 Å². The number of nitrogens with zero attached hydrogens (tertiary/aromatic N) is 2. The van der Waals surface area contributed by atoms with Crippen LogP contribution in [0.2, 0.25) is 15.1 Å². The van der Waals surface area contributed by atoms with E-state index >= 15 is 0 Å². The quantitative estimate of drug-likeness (QED) is 0.0464. The average molecular weight is 2170 g/mol. The van der Waals surface area contributed by atoms with E-state index in [-0.39, 0.29) is 65.3 Å². The molecular weight excluding hydrogens is 2110 g/mol. The summed E-state index contributed by atoms with van der Waals surface area (Å²) in [5.74, 6) is -1.02. The van der Waals surface area contributed by atoms with Gasteiger partial charge in [-0.15, -0.1) is 79.0 Å². The molecule has 9 aromatic rings. The molecule has 1 saturated heterocycles. The second-order valence-electron chi connectivity index (χ2n) is 26.7. The molecule has 130 heavy (non-hydrogen) atoms. The van der Waals surface area contributed by atoms with E-state index in [1.807, 2.05) is 42.5 Å². The van der Waals surface area contributed by atoms with E-state index in [9.17, 15) is 129 Å². The second-order valence-corrected chi connectivity index (χ2v) is 29.7. The Bertz CT molecular complexity index is 5180. The van der Waals surface area contributed by atoms with Crippen molar-refractivity contribution in [2.24, 2.45) is 0 Å². The van der Waals surface area contributed by atoms with Gasteiger partial charge in [-0.05, 0) is 196 Å². The number of fused-ring (bicyclic) bond motifs is 3. The van der Waals surface area contributed by atoms with E-state index in [1.165, 1.54) is 58.3 Å². The Morgan fingerprint density at radius 1 is 0.377 bits per heavy atom. The van der Waals surface area contributed by atoms with Gasteiger partial charge in [0, 0.05) is 32.1 Å². The summed E-state index contributed by atoms with van der Waals surface area (Å²) in [6.07, 6.45) is -46.7. The van der Waals surface area contributed by atoms with Gasteiger partial charge in [0.2, 0.25) is 0 Å². The molecule has 18 nitrogen and oxygen atoms in total. The third-order valence-corrected chi connectivity index (χ3v) is 19.4. The van der Waals surface area contributed by atoms with Gasteiger partial charge in [0.15, 0.2) is 18.3 Å². The van der Waals surface area contributed by atoms with Crippen LogP contribution in [0.5, 0.6) is 17.2 Å². The van der Waals surface area contributed by atoms with Crippen LogP contribution in [0.15, 0.2) is 200 Å². The first-order valence-electron chi connectivity index (χ1n) is 35.8. The molecule has 0 amide bonds. The maximum absolute atomic E-state index is 13.3. The third-order valence-electron chi connectivity index (χ3n) is 17.7. The summed E-state index contributed by atoms with van der Waals surface area (Å²) in [6.45, 7) is -1.58. The molecule has 0 bridgehead atoms.